The lowest BCUT2D eigenvalue weighted by molar-refractivity contribution is -0.156. The van der Waals surface area contributed by atoms with Gasteiger partial charge in [0.2, 0.25) is 0 Å². The predicted octanol–water partition coefficient (Wildman–Crippen LogP) is 4.05. The van der Waals surface area contributed by atoms with Gasteiger partial charge in [-0.3, -0.25) is 18.8 Å². The van der Waals surface area contributed by atoms with Gasteiger partial charge in [-0.15, -0.1) is 0 Å². The molecule has 1 aliphatic carbocycles. The molecule has 1 saturated carbocycles. The maximum atomic E-state index is 12.1. The van der Waals surface area contributed by atoms with Crippen LogP contribution in [0.5, 0.6) is 0 Å². The van der Waals surface area contributed by atoms with Crippen LogP contribution in [0.3, 0.4) is 0 Å². The Bertz CT molecular complexity index is 1120. The fourth-order valence-corrected chi connectivity index (χ4v) is 4.32. The average molecular weight is 440 g/mol. The van der Waals surface area contributed by atoms with Crippen molar-refractivity contribution in [1.29, 1.82) is 0 Å². The van der Waals surface area contributed by atoms with Crippen LogP contribution < -0.4 is 0 Å². The molecule has 1 atom stereocenters. The van der Waals surface area contributed by atoms with Crippen LogP contribution in [0.4, 0.5) is 0 Å². The number of esters is 1. The lowest BCUT2D eigenvalue weighted by atomic mass is 9.95. The highest BCUT2D eigenvalue weighted by Gasteiger charge is 2.29. The second kappa shape index (κ2) is 8.72. The number of aromatic nitrogens is 5. The normalized spacial score (nSPS) is 15.8. The van der Waals surface area contributed by atoms with Crippen molar-refractivity contribution in [2.24, 2.45) is 11.3 Å². The summed E-state index contributed by atoms with van der Waals surface area (Å²) in [6.07, 6.45) is 11.3. The predicted molar refractivity (Wildman–Crippen MR) is 118 cm³/mol. The number of hydrogen-bond donors (Lipinski definition) is 1. The fraction of sp³-hybridized carbons (Fsp3) is 0.522. The quantitative estimate of drug-likeness (QED) is 0.553. The number of fused-ring (bicyclic) bond motifs is 1. The highest BCUT2D eigenvalue weighted by Crippen LogP contribution is 2.37. The maximum absolute atomic E-state index is 12.1. The average Bonchev–Trinajstić information content (AvgIpc) is 3.50. The Hall–Kier alpha value is -3.23. The summed E-state index contributed by atoms with van der Waals surface area (Å²) in [7, 11) is 0. The lowest BCUT2D eigenvalue weighted by Crippen LogP contribution is -2.23. The third-order valence-electron chi connectivity index (χ3n) is 6.05. The van der Waals surface area contributed by atoms with Gasteiger partial charge in [-0.2, -0.15) is 5.10 Å². The van der Waals surface area contributed by atoms with Gasteiger partial charge in [-0.25, -0.2) is 9.97 Å². The van der Waals surface area contributed by atoms with Gasteiger partial charge in [-0.1, -0.05) is 12.8 Å². The summed E-state index contributed by atoms with van der Waals surface area (Å²) in [5.74, 6) is -0.778. The zero-order valence-electron chi connectivity index (χ0n) is 18.7. The number of hydrogen-bond acceptors (Lipinski definition) is 6. The molecule has 0 radical (unpaired) electrons. The Morgan fingerprint density at radius 1 is 1.25 bits per heavy atom. The zero-order valence-corrected chi connectivity index (χ0v) is 18.7. The summed E-state index contributed by atoms with van der Waals surface area (Å²) in [5.41, 5.74) is 1.59. The van der Waals surface area contributed by atoms with E-state index >= 15 is 0 Å². The van der Waals surface area contributed by atoms with Gasteiger partial charge in [0.25, 0.3) is 0 Å². The number of carbonyl (C=O) groups excluding carboxylic acids is 1. The first-order valence-electron chi connectivity index (χ1n) is 11.0. The van der Waals surface area contributed by atoms with Crippen LogP contribution in [-0.2, 0) is 21.1 Å². The molecule has 1 N–H and O–H groups in total. The van der Waals surface area contributed by atoms with Crippen molar-refractivity contribution in [3.05, 3.63) is 31.0 Å². The first kappa shape index (κ1) is 22.0. The molecule has 1 aliphatic rings. The van der Waals surface area contributed by atoms with E-state index in [4.69, 9.17) is 4.74 Å². The van der Waals surface area contributed by atoms with Gasteiger partial charge in [0, 0.05) is 23.3 Å². The Kier molecular flexibility index (Phi) is 5.99. The van der Waals surface area contributed by atoms with Crippen molar-refractivity contribution in [2.75, 3.05) is 0 Å². The van der Waals surface area contributed by atoms with Crippen molar-refractivity contribution in [3.8, 4) is 11.3 Å². The van der Waals surface area contributed by atoms with E-state index in [0.717, 1.165) is 36.6 Å². The lowest BCUT2D eigenvalue weighted by Gasteiger charge is -2.22. The monoisotopic (exact) mass is 439 g/mol. The second-order valence-corrected chi connectivity index (χ2v) is 9.47. The SMILES string of the molecule is CC(C)(C)C(=O)OCn1ccc2c(-c3cnn(C(CC(=O)O)C4CCCC4)c3)ncnc21. The van der Waals surface area contributed by atoms with Crippen molar-refractivity contribution >= 4 is 23.0 Å². The van der Waals surface area contributed by atoms with Crippen LogP contribution in [-0.4, -0.2) is 41.4 Å². The van der Waals surface area contributed by atoms with E-state index in [1.165, 1.54) is 6.33 Å². The summed E-state index contributed by atoms with van der Waals surface area (Å²) in [6, 6.07) is 1.72. The molecule has 1 unspecified atom stereocenters. The highest BCUT2D eigenvalue weighted by atomic mass is 16.5. The molecule has 3 aromatic rings. The Balaban J connectivity index is 1.60. The maximum Gasteiger partial charge on any atom is 0.312 e. The Morgan fingerprint density at radius 2 is 2.00 bits per heavy atom. The molecule has 0 spiro atoms. The van der Waals surface area contributed by atoms with Crippen LogP contribution in [0.1, 0.15) is 58.9 Å². The number of carbonyl (C=O) groups is 2. The van der Waals surface area contributed by atoms with Crippen LogP contribution in [0.15, 0.2) is 31.0 Å². The smallest absolute Gasteiger partial charge is 0.312 e. The minimum absolute atomic E-state index is 0.0560. The molecule has 4 rings (SSSR count). The molecule has 0 saturated heterocycles. The van der Waals surface area contributed by atoms with E-state index in [-0.39, 0.29) is 25.2 Å². The van der Waals surface area contributed by atoms with E-state index in [9.17, 15) is 14.7 Å². The largest absolute Gasteiger partial charge is 0.481 e. The molecule has 9 heteroatoms. The number of ether oxygens (including phenoxy) is 1. The van der Waals surface area contributed by atoms with E-state index in [0.29, 0.717) is 17.3 Å². The van der Waals surface area contributed by atoms with Gasteiger partial charge >= 0.3 is 11.9 Å². The van der Waals surface area contributed by atoms with E-state index in [1.807, 2.05) is 39.2 Å². The summed E-state index contributed by atoms with van der Waals surface area (Å²) >= 11 is 0. The second-order valence-electron chi connectivity index (χ2n) is 9.47. The Morgan fingerprint density at radius 3 is 2.69 bits per heavy atom. The molecule has 0 aliphatic heterocycles. The standard InChI is InChI=1S/C23H29N5O4/c1-23(2,3)22(31)32-14-27-9-8-17-20(24-13-25-21(17)27)16-11-26-28(12-16)18(10-19(29)30)15-6-4-5-7-15/h8-9,11-13,15,18H,4-7,10,14H2,1-3H3,(H,29,30). The number of carboxylic acids is 1. The van der Waals surface area contributed by atoms with Crippen LogP contribution in [0.2, 0.25) is 0 Å². The third kappa shape index (κ3) is 4.51. The van der Waals surface area contributed by atoms with Crippen molar-refractivity contribution in [1.82, 2.24) is 24.3 Å². The van der Waals surface area contributed by atoms with Crippen molar-refractivity contribution < 1.29 is 19.4 Å². The third-order valence-corrected chi connectivity index (χ3v) is 6.05. The number of nitrogens with zero attached hydrogens (tertiary/aromatic N) is 5. The molecule has 9 nitrogen and oxygen atoms in total. The van der Waals surface area contributed by atoms with Crippen LogP contribution >= 0.6 is 0 Å². The van der Waals surface area contributed by atoms with E-state index < -0.39 is 11.4 Å². The minimum atomic E-state index is -0.815. The highest BCUT2D eigenvalue weighted by molar-refractivity contribution is 5.90. The first-order chi connectivity index (χ1) is 15.2. The summed E-state index contributed by atoms with van der Waals surface area (Å²) in [6.45, 7) is 5.50. The molecular formula is C23H29N5O4. The summed E-state index contributed by atoms with van der Waals surface area (Å²) < 4.78 is 8.98. The molecule has 3 aromatic heterocycles. The Labute approximate surface area is 186 Å². The van der Waals surface area contributed by atoms with Crippen LogP contribution in [0.25, 0.3) is 22.3 Å². The minimum Gasteiger partial charge on any atom is -0.481 e. The van der Waals surface area contributed by atoms with Crippen molar-refractivity contribution in [3.63, 3.8) is 0 Å². The fourth-order valence-electron chi connectivity index (χ4n) is 4.32. The van der Waals surface area contributed by atoms with E-state index in [1.54, 1.807) is 15.4 Å². The van der Waals surface area contributed by atoms with E-state index in [2.05, 4.69) is 15.1 Å². The molecule has 32 heavy (non-hydrogen) atoms. The molecule has 0 amide bonds. The van der Waals surface area contributed by atoms with Crippen molar-refractivity contribution in [2.45, 2.75) is 65.6 Å². The van der Waals surface area contributed by atoms with Gasteiger partial charge in [0.05, 0.1) is 29.8 Å². The number of carboxylic acid groups (broad SMARTS) is 1. The number of rotatable bonds is 7. The first-order valence-corrected chi connectivity index (χ1v) is 11.0. The molecule has 0 aromatic carbocycles. The molecule has 0 bridgehead atoms. The zero-order chi connectivity index (χ0) is 22.9. The summed E-state index contributed by atoms with van der Waals surface area (Å²) in [5, 5.41) is 14.7. The molecule has 170 valence electrons. The topological polar surface area (TPSA) is 112 Å². The summed E-state index contributed by atoms with van der Waals surface area (Å²) in [4.78, 5) is 32.4. The molecular weight excluding hydrogens is 410 g/mol. The van der Waals surface area contributed by atoms with Crippen LogP contribution in [0, 0.1) is 11.3 Å². The van der Waals surface area contributed by atoms with Gasteiger partial charge in [0.15, 0.2) is 6.73 Å². The van der Waals surface area contributed by atoms with Gasteiger partial charge in [-0.05, 0) is 45.6 Å². The van der Waals surface area contributed by atoms with Gasteiger partial charge < -0.3 is 9.84 Å². The van der Waals surface area contributed by atoms with Gasteiger partial charge in [0.1, 0.15) is 12.0 Å². The molecule has 1 fully saturated rings. The molecule has 3 heterocycles. The number of aliphatic carboxylic acids is 1.